The number of carbonyl (C=O) groups is 1. The Morgan fingerprint density at radius 2 is 2.00 bits per heavy atom. The molecule has 0 N–H and O–H groups in total. The molecule has 3 aromatic rings. The van der Waals surface area contributed by atoms with Crippen molar-refractivity contribution in [1.29, 1.82) is 0 Å². The molecule has 5 nitrogen and oxygen atoms in total. The van der Waals surface area contributed by atoms with E-state index in [9.17, 15) is 9.18 Å². The number of hydrogen-bond donors (Lipinski definition) is 0. The highest BCUT2D eigenvalue weighted by Gasteiger charge is 2.25. The summed E-state index contributed by atoms with van der Waals surface area (Å²) in [6.07, 6.45) is 3.95. The highest BCUT2D eigenvalue weighted by atomic mass is 19.1. The van der Waals surface area contributed by atoms with Crippen LogP contribution in [0.2, 0.25) is 0 Å². The number of aryl methyl sites for hydroxylation is 1. The summed E-state index contributed by atoms with van der Waals surface area (Å²) in [7, 11) is 0. The second-order valence-corrected chi connectivity index (χ2v) is 7.03. The minimum atomic E-state index is -0.260. The van der Waals surface area contributed by atoms with Crippen molar-refractivity contribution in [3.63, 3.8) is 0 Å². The SMILES string of the molecule is C[C@H]1COc2ccc(-c3ccc(F)cc3)cc2CN1C(=O)CCn1cccn1. The van der Waals surface area contributed by atoms with Crippen LogP contribution in [-0.4, -0.2) is 33.2 Å². The summed E-state index contributed by atoms with van der Waals surface area (Å²) in [6, 6.07) is 14.1. The first-order valence-corrected chi connectivity index (χ1v) is 9.39. The van der Waals surface area contributed by atoms with E-state index in [2.05, 4.69) is 5.10 Å². The summed E-state index contributed by atoms with van der Waals surface area (Å²) >= 11 is 0. The Labute approximate surface area is 163 Å². The molecule has 0 aliphatic carbocycles. The first kappa shape index (κ1) is 18.2. The molecule has 144 valence electrons. The van der Waals surface area contributed by atoms with E-state index in [0.717, 1.165) is 22.4 Å². The molecular formula is C22H22FN3O2. The second kappa shape index (κ2) is 7.84. The van der Waals surface area contributed by atoms with Crippen LogP contribution in [0.4, 0.5) is 4.39 Å². The molecule has 4 rings (SSSR count). The van der Waals surface area contributed by atoms with E-state index in [4.69, 9.17) is 4.74 Å². The van der Waals surface area contributed by atoms with E-state index < -0.39 is 0 Å². The van der Waals surface area contributed by atoms with Gasteiger partial charge in [0.05, 0.1) is 6.04 Å². The molecule has 2 heterocycles. The van der Waals surface area contributed by atoms with Crippen LogP contribution in [0.1, 0.15) is 18.9 Å². The van der Waals surface area contributed by atoms with Crippen LogP contribution in [-0.2, 0) is 17.9 Å². The molecule has 0 bridgehead atoms. The Hall–Kier alpha value is -3.15. The monoisotopic (exact) mass is 379 g/mol. The number of amides is 1. The van der Waals surface area contributed by atoms with Gasteiger partial charge in [-0.25, -0.2) is 4.39 Å². The molecule has 1 aliphatic rings. The van der Waals surface area contributed by atoms with Gasteiger partial charge in [0.2, 0.25) is 5.91 Å². The van der Waals surface area contributed by atoms with Crippen LogP contribution in [0, 0.1) is 5.82 Å². The molecule has 0 spiro atoms. The van der Waals surface area contributed by atoms with Gasteiger partial charge in [-0.2, -0.15) is 5.10 Å². The normalized spacial score (nSPS) is 16.2. The van der Waals surface area contributed by atoms with Gasteiger partial charge in [-0.3, -0.25) is 9.48 Å². The lowest BCUT2D eigenvalue weighted by molar-refractivity contribution is -0.134. The van der Waals surface area contributed by atoms with Gasteiger partial charge in [0.15, 0.2) is 0 Å². The minimum absolute atomic E-state index is 0.0215. The van der Waals surface area contributed by atoms with Gasteiger partial charge in [-0.15, -0.1) is 0 Å². The van der Waals surface area contributed by atoms with Crippen LogP contribution >= 0.6 is 0 Å². The van der Waals surface area contributed by atoms with Crippen LogP contribution < -0.4 is 4.74 Å². The van der Waals surface area contributed by atoms with Crippen molar-refractivity contribution in [3.05, 3.63) is 72.3 Å². The summed E-state index contributed by atoms with van der Waals surface area (Å²) in [5.41, 5.74) is 2.86. The second-order valence-electron chi connectivity index (χ2n) is 7.03. The maximum absolute atomic E-state index is 13.2. The molecule has 1 amide bonds. The van der Waals surface area contributed by atoms with E-state index in [0.29, 0.717) is 26.1 Å². The van der Waals surface area contributed by atoms with Crippen molar-refractivity contribution >= 4 is 5.91 Å². The molecule has 1 aromatic heterocycles. The zero-order valence-corrected chi connectivity index (χ0v) is 15.7. The third-order valence-electron chi connectivity index (χ3n) is 5.03. The smallest absolute Gasteiger partial charge is 0.225 e. The van der Waals surface area contributed by atoms with E-state index in [-0.39, 0.29) is 17.8 Å². The first-order valence-electron chi connectivity index (χ1n) is 9.39. The standard InChI is InChI=1S/C22H22FN3O2/c1-16-15-28-21-8-5-18(17-3-6-20(23)7-4-17)13-19(21)14-26(16)22(27)9-12-25-11-2-10-24-25/h2-8,10-11,13,16H,9,12,14-15H2,1H3/t16-/m0/s1. The Balaban J connectivity index is 1.54. The fraction of sp³-hybridized carbons (Fsp3) is 0.273. The Kier molecular flexibility index (Phi) is 5.10. The van der Waals surface area contributed by atoms with Crippen molar-refractivity contribution in [2.45, 2.75) is 32.5 Å². The number of hydrogen-bond acceptors (Lipinski definition) is 3. The van der Waals surface area contributed by atoms with E-state index in [1.807, 2.05) is 42.3 Å². The molecule has 28 heavy (non-hydrogen) atoms. The summed E-state index contributed by atoms with van der Waals surface area (Å²) in [5.74, 6) is 0.608. The molecule has 1 aliphatic heterocycles. The number of halogens is 1. The molecule has 1 atom stereocenters. The maximum Gasteiger partial charge on any atom is 0.225 e. The minimum Gasteiger partial charge on any atom is -0.491 e. The highest BCUT2D eigenvalue weighted by molar-refractivity contribution is 5.77. The number of benzene rings is 2. The van der Waals surface area contributed by atoms with Crippen molar-refractivity contribution in [1.82, 2.24) is 14.7 Å². The predicted molar refractivity (Wildman–Crippen MR) is 104 cm³/mol. The highest BCUT2D eigenvalue weighted by Crippen LogP contribution is 2.30. The zero-order valence-electron chi connectivity index (χ0n) is 15.7. The first-order chi connectivity index (χ1) is 13.6. The third kappa shape index (κ3) is 3.91. The lowest BCUT2D eigenvalue weighted by Crippen LogP contribution is -2.40. The van der Waals surface area contributed by atoms with Gasteiger partial charge in [0, 0.05) is 37.5 Å². The molecule has 0 saturated carbocycles. The Morgan fingerprint density at radius 1 is 1.21 bits per heavy atom. The molecule has 0 saturated heterocycles. The number of rotatable bonds is 4. The summed E-state index contributed by atoms with van der Waals surface area (Å²) in [5, 5.41) is 4.15. The lowest BCUT2D eigenvalue weighted by Gasteiger charge is -2.26. The number of carbonyl (C=O) groups excluding carboxylic acids is 1. The number of aromatic nitrogens is 2. The molecule has 0 radical (unpaired) electrons. The lowest BCUT2D eigenvalue weighted by atomic mass is 10.0. The Morgan fingerprint density at radius 3 is 2.75 bits per heavy atom. The molecule has 0 fully saturated rings. The van der Waals surface area contributed by atoms with E-state index in [1.54, 1.807) is 23.0 Å². The van der Waals surface area contributed by atoms with Crippen LogP contribution in [0.15, 0.2) is 60.9 Å². The van der Waals surface area contributed by atoms with E-state index >= 15 is 0 Å². The predicted octanol–water partition coefficient (Wildman–Crippen LogP) is 3.89. The quantitative estimate of drug-likeness (QED) is 0.691. The van der Waals surface area contributed by atoms with Gasteiger partial charge < -0.3 is 9.64 Å². The summed E-state index contributed by atoms with van der Waals surface area (Å²) in [4.78, 5) is 14.7. The number of ether oxygens (including phenoxy) is 1. The van der Waals surface area contributed by atoms with Gasteiger partial charge in [0.25, 0.3) is 0 Å². The van der Waals surface area contributed by atoms with Gasteiger partial charge in [-0.1, -0.05) is 18.2 Å². The van der Waals surface area contributed by atoms with E-state index in [1.165, 1.54) is 12.1 Å². The fourth-order valence-corrected chi connectivity index (χ4v) is 3.43. The maximum atomic E-state index is 13.2. The third-order valence-corrected chi connectivity index (χ3v) is 5.03. The summed E-state index contributed by atoms with van der Waals surface area (Å²) < 4.78 is 20.9. The van der Waals surface area contributed by atoms with Gasteiger partial charge >= 0.3 is 0 Å². The molecule has 0 unspecified atom stereocenters. The molecule has 2 aromatic carbocycles. The topological polar surface area (TPSA) is 47.4 Å². The van der Waals surface area contributed by atoms with Crippen LogP contribution in [0.5, 0.6) is 5.75 Å². The fourth-order valence-electron chi connectivity index (χ4n) is 3.43. The number of nitrogens with zero attached hydrogens (tertiary/aromatic N) is 3. The van der Waals surface area contributed by atoms with Crippen molar-refractivity contribution < 1.29 is 13.9 Å². The molecular weight excluding hydrogens is 357 g/mol. The van der Waals surface area contributed by atoms with Crippen molar-refractivity contribution in [2.75, 3.05) is 6.61 Å². The largest absolute Gasteiger partial charge is 0.491 e. The number of fused-ring (bicyclic) bond motifs is 1. The van der Waals surface area contributed by atoms with Crippen molar-refractivity contribution in [3.8, 4) is 16.9 Å². The molecule has 6 heteroatoms. The average Bonchev–Trinajstić information content (AvgIpc) is 3.17. The van der Waals surface area contributed by atoms with Crippen LogP contribution in [0.25, 0.3) is 11.1 Å². The van der Waals surface area contributed by atoms with Crippen molar-refractivity contribution in [2.24, 2.45) is 0 Å². The average molecular weight is 379 g/mol. The van der Waals surface area contributed by atoms with Gasteiger partial charge in [-0.05, 0) is 48.4 Å². The Bertz CT molecular complexity index is 954. The van der Waals surface area contributed by atoms with Gasteiger partial charge in [0.1, 0.15) is 18.2 Å². The van der Waals surface area contributed by atoms with Crippen LogP contribution in [0.3, 0.4) is 0 Å². The summed E-state index contributed by atoms with van der Waals surface area (Å²) in [6.45, 7) is 3.50. The zero-order chi connectivity index (χ0) is 19.5.